The van der Waals surface area contributed by atoms with Gasteiger partial charge in [-0.05, 0) is 22.8 Å². The lowest BCUT2D eigenvalue weighted by molar-refractivity contribution is 0.613. The van der Waals surface area contributed by atoms with E-state index in [-0.39, 0.29) is 6.04 Å². The second kappa shape index (κ2) is 6.94. The van der Waals surface area contributed by atoms with Crippen LogP contribution >= 0.6 is 11.8 Å². The highest BCUT2D eigenvalue weighted by atomic mass is 32.2. The van der Waals surface area contributed by atoms with Crippen LogP contribution in [0.5, 0.6) is 0 Å². The minimum Gasteiger partial charge on any atom is -0.271 e. The summed E-state index contributed by atoms with van der Waals surface area (Å²) in [4.78, 5) is 0. The number of nitrogens with one attached hydrogen (secondary N) is 1. The van der Waals surface area contributed by atoms with E-state index in [4.69, 9.17) is 5.84 Å². The molecule has 0 heterocycles. The van der Waals surface area contributed by atoms with Gasteiger partial charge in [0.2, 0.25) is 0 Å². The highest BCUT2D eigenvalue weighted by molar-refractivity contribution is 7.99. The summed E-state index contributed by atoms with van der Waals surface area (Å²) in [5, 5.41) is 3.23. The van der Waals surface area contributed by atoms with E-state index in [1.165, 1.54) is 22.8 Å². The molecule has 3 N–H and O–H groups in total. The van der Waals surface area contributed by atoms with Crippen LogP contribution < -0.4 is 11.3 Å². The first-order valence-electron chi connectivity index (χ1n) is 6.81. The first kappa shape index (κ1) is 14.4. The molecule has 0 aromatic heterocycles. The Bertz CT molecular complexity index is 522. The Balaban J connectivity index is 2.25. The summed E-state index contributed by atoms with van der Waals surface area (Å²) in [6.45, 7) is 4.49. The van der Waals surface area contributed by atoms with Crippen molar-refractivity contribution in [1.29, 1.82) is 0 Å². The lowest BCUT2D eigenvalue weighted by Gasteiger charge is -2.20. The molecule has 0 saturated carbocycles. The van der Waals surface area contributed by atoms with Gasteiger partial charge in [-0.25, -0.2) is 0 Å². The zero-order chi connectivity index (χ0) is 13.7. The van der Waals surface area contributed by atoms with E-state index in [1.54, 1.807) is 0 Å². The van der Waals surface area contributed by atoms with Gasteiger partial charge in [-0.3, -0.25) is 11.3 Å². The van der Waals surface area contributed by atoms with Gasteiger partial charge in [-0.1, -0.05) is 56.3 Å². The number of hydrazine groups is 1. The minimum absolute atomic E-state index is 0.199. The summed E-state index contributed by atoms with van der Waals surface area (Å²) in [7, 11) is 0. The normalized spacial score (nSPS) is 14.5. The molecular formula is C16H22N2S. The topological polar surface area (TPSA) is 38.0 Å². The molecule has 2 unspecified atom stereocenters. The van der Waals surface area contributed by atoms with Gasteiger partial charge in [-0.2, -0.15) is 11.8 Å². The summed E-state index contributed by atoms with van der Waals surface area (Å²) < 4.78 is 0. The first-order valence-corrected chi connectivity index (χ1v) is 7.86. The van der Waals surface area contributed by atoms with Crippen LogP contribution in [-0.2, 0) is 0 Å². The Morgan fingerprint density at radius 2 is 1.89 bits per heavy atom. The number of nitrogens with two attached hydrogens (primary N) is 1. The molecule has 2 rings (SSSR count). The zero-order valence-electron chi connectivity index (χ0n) is 11.6. The third kappa shape index (κ3) is 3.50. The van der Waals surface area contributed by atoms with Gasteiger partial charge in [0.1, 0.15) is 0 Å². The zero-order valence-corrected chi connectivity index (χ0v) is 12.4. The van der Waals surface area contributed by atoms with Crippen molar-refractivity contribution >= 4 is 22.5 Å². The maximum absolute atomic E-state index is 5.76. The lowest BCUT2D eigenvalue weighted by Crippen LogP contribution is -2.30. The quantitative estimate of drug-likeness (QED) is 0.620. The Kier molecular flexibility index (Phi) is 5.25. The number of hydrogen-bond donors (Lipinski definition) is 2. The van der Waals surface area contributed by atoms with Crippen LogP contribution in [0.25, 0.3) is 10.8 Å². The highest BCUT2D eigenvalue weighted by Gasteiger charge is 2.14. The van der Waals surface area contributed by atoms with E-state index in [0.717, 1.165) is 5.75 Å². The van der Waals surface area contributed by atoms with Gasteiger partial charge in [0.15, 0.2) is 0 Å². The maximum atomic E-state index is 5.76. The van der Waals surface area contributed by atoms with Crippen molar-refractivity contribution in [2.75, 3.05) is 5.75 Å². The van der Waals surface area contributed by atoms with E-state index < -0.39 is 0 Å². The molecule has 2 nitrogen and oxygen atoms in total. The van der Waals surface area contributed by atoms with E-state index in [1.807, 2.05) is 11.8 Å². The van der Waals surface area contributed by atoms with E-state index in [2.05, 4.69) is 61.7 Å². The Labute approximate surface area is 119 Å². The summed E-state index contributed by atoms with van der Waals surface area (Å²) in [5.74, 6) is 6.76. The van der Waals surface area contributed by atoms with Crippen molar-refractivity contribution < 1.29 is 0 Å². The summed E-state index contributed by atoms with van der Waals surface area (Å²) in [5.41, 5.74) is 4.26. The second-order valence-corrected chi connectivity index (χ2v) is 6.31. The monoisotopic (exact) mass is 274 g/mol. The van der Waals surface area contributed by atoms with Crippen LogP contribution in [0, 0.1) is 0 Å². The molecule has 0 spiro atoms. The predicted molar refractivity (Wildman–Crippen MR) is 86.2 cm³/mol. The van der Waals surface area contributed by atoms with Crippen molar-refractivity contribution in [3.05, 3.63) is 48.0 Å². The average molecular weight is 274 g/mol. The van der Waals surface area contributed by atoms with Crippen LogP contribution in [0.15, 0.2) is 42.5 Å². The summed E-state index contributed by atoms with van der Waals surface area (Å²) in [6.07, 6.45) is 1.19. The SMILES string of the molecule is CCC(C)SCC(NN)c1cccc2ccccc12. The molecular weight excluding hydrogens is 252 g/mol. The van der Waals surface area contributed by atoms with Crippen LogP contribution in [0.1, 0.15) is 31.9 Å². The summed E-state index contributed by atoms with van der Waals surface area (Å²) >= 11 is 1.97. The fourth-order valence-corrected chi connectivity index (χ4v) is 3.19. The van der Waals surface area contributed by atoms with Gasteiger partial charge < -0.3 is 0 Å². The Hall–Kier alpha value is -1.03. The van der Waals surface area contributed by atoms with Crippen molar-refractivity contribution in [3.8, 4) is 0 Å². The molecule has 0 aliphatic carbocycles. The number of rotatable bonds is 6. The fourth-order valence-electron chi connectivity index (χ4n) is 2.16. The van der Waals surface area contributed by atoms with Crippen LogP contribution in [0.2, 0.25) is 0 Å². The lowest BCUT2D eigenvalue weighted by atomic mass is 10.00. The second-order valence-electron chi connectivity index (χ2n) is 4.84. The Morgan fingerprint density at radius 1 is 1.16 bits per heavy atom. The van der Waals surface area contributed by atoms with Crippen LogP contribution in [-0.4, -0.2) is 11.0 Å². The smallest absolute Gasteiger partial charge is 0.0556 e. The molecule has 0 aliphatic rings. The maximum Gasteiger partial charge on any atom is 0.0556 e. The highest BCUT2D eigenvalue weighted by Crippen LogP contribution is 2.27. The van der Waals surface area contributed by atoms with Crippen molar-refractivity contribution in [1.82, 2.24) is 5.43 Å². The van der Waals surface area contributed by atoms with E-state index in [9.17, 15) is 0 Å². The third-order valence-corrected chi connectivity index (χ3v) is 4.95. The number of benzene rings is 2. The molecule has 0 radical (unpaired) electrons. The molecule has 0 saturated heterocycles. The van der Waals surface area contributed by atoms with E-state index in [0.29, 0.717) is 5.25 Å². The first-order chi connectivity index (χ1) is 9.26. The molecule has 0 fully saturated rings. The van der Waals surface area contributed by atoms with Crippen LogP contribution in [0.4, 0.5) is 0 Å². The van der Waals surface area contributed by atoms with Crippen molar-refractivity contribution in [3.63, 3.8) is 0 Å². The molecule has 2 atom stereocenters. The van der Waals surface area contributed by atoms with Gasteiger partial charge in [0.25, 0.3) is 0 Å². The molecule has 102 valence electrons. The largest absolute Gasteiger partial charge is 0.271 e. The summed E-state index contributed by atoms with van der Waals surface area (Å²) in [6, 6.07) is 15.1. The van der Waals surface area contributed by atoms with Crippen molar-refractivity contribution in [2.24, 2.45) is 5.84 Å². The number of thioether (sulfide) groups is 1. The molecule has 0 aliphatic heterocycles. The molecule has 2 aromatic rings. The van der Waals surface area contributed by atoms with Crippen LogP contribution in [0.3, 0.4) is 0 Å². The van der Waals surface area contributed by atoms with Gasteiger partial charge in [-0.15, -0.1) is 0 Å². The molecule has 0 bridgehead atoms. The Morgan fingerprint density at radius 3 is 2.63 bits per heavy atom. The van der Waals surface area contributed by atoms with Gasteiger partial charge in [0, 0.05) is 11.0 Å². The van der Waals surface area contributed by atoms with Crippen molar-refractivity contribution in [2.45, 2.75) is 31.6 Å². The van der Waals surface area contributed by atoms with Gasteiger partial charge >= 0.3 is 0 Å². The molecule has 3 heteroatoms. The molecule has 0 amide bonds. The fraction of sp³-hybridized carbons (Fsp3) is 0.375. The predicted octanol–water partition coefficient (Wildman–Crippen LogP) is 3.88. The number of fused-ring (bicyclic) bond motifs is 1. The number of hydrogen-bond acceptors (Lipinski definition) is 3. The minimum atomic E-state index is 0.199. The van der Waals surface area contributed by atoms with E-state index >= 15 is 0 Å². The molecule has 19 heavy (non-hydrogen) atoms. The van der Waals surface area contributed by atoms with Gasteiger partial charge in [0.05, 0.1) is 6.04 Å². The average Bonchev–Trinajstić information content (AvgIpc) is 2.47. The third-order valence-electron chi connectivity index (χ3n) is 3.52. The molecule has 2 aromatic carbocycles. The standard InChI is InChI=1S/C16H22N2S/c1-3-12(2)19-11-16(18-17)15-10-6-8-13-7-4-5-9-14(13)15/h4-10,12,16,18H,3,11,17H2,1-2H3.